The molecule has 4 rings (SSSR count). The van der Waals surface area contributed by atoms with Gasteiger partial charge in [-0.05, 0) is 42.6 Å². The van der Waals surface area contributed by atoms with Crippen LogP contribution in [0.15, 0.2) is 64.4 Å². The molecule has 2 aromatic heterocycles. The monoisotopic (exact) mass is 394 g/mol. The summed E-state index contributed by atoms with van der Waals surface area (Å²) < 4.78 is 19.3. The van der Waals surface area contributed by atoms with Crippen molar-refractivity contribution in [3.8, 4) is 0 Å². The van der Waals surface area contributed by atoms with Crippen LogP contribution in [0.5, 0.6) is 0 Å². The van der Waals surface area contributed by atoms with Gasteiger partial charge in [0.1, 0.15) is 0 Å². The number of furan rings is 1. The van der Waals surface area contributed by atoms with E-state index in [1.54, 1.807) is 55.5 Å². The number of carbonyl (C=O) groups excluding carboxylic acids is 2. The molecule has 2 amide bonds. The van der Waals surface area contributed by atoms with E-state index in [9.17, 15) is 14.0 Å². The molecule has 28 heavy (non-hydrogen) atoms. The number of fused-ring (bicyclic) bond motifs is 1. The highest BCUT2D eigenvalue weighted by Crippen LogP contribution is 2.28. The first kappa shape index (κ1) is 17.9. The number of anilines is 2. The molecule has 7 heteroatoms. The fourth-order valence-electron chi connectivity index (χ4n) is 2.89. The van der Waals surface area contributed by atoms with Crippen molar-refractivity contribution < 1.29 is 18.4 Å². The second-order valence-electron chi connectivity index (χ2n) is 6.14. The number of amides is 2. The lowest BCUT2D eigenvalue weighted by molar-refractivity contribution is 0.0996. The molecule has 0 radical (unpaired) electrons. The van der Waals surface area contributed by atoms with Crippen molar-refractivity contribution in [2.45, 2.75) is 6.92 Å². The molecular weight excluding hydrogens is 379 g/mol. The van der Waals surface area contributed by atoms with Crippen LogP contribution in [0.4, 0.5) is 15.8 Å². The summed E-state index contributed by atoms with van der Waals surface area (Å²) in [6, 6.07) is 14.9. The SMILES string of the molecule is Cc1c(C(=O)Nc2cccc(NC(=O)c3cccs3)c2)oc2c(F)cccc12. The third-order valence-electron chi connectivity index (χ3n) is 4.25. The van der Waals surface area contributed by atoms with Crippen LogP contribution in [0.25, 0.3) is 11.0 Å². The van der Waals surface area contributed by atoms with E-state index in [1.807, 2.05) is 5.38 Å². The highest BCUT2D eigenvalue weighted by Gasteiger charge is 2.19. The summed E-state index contributed by atoms with van der Waals surface area (Å²) in [4.78, 5) is 25.4. The number of aryl methyl sites for hydroxylation is 1. The van der Waals surface area contributed by atoms with Gasteiger partial charge in [-0.2, -0.15) is 0 Å². The Balaban J connectivity index is 1.55. The van der Waals surface area contributed by atoms with Crippen LogP contribution in [0, 0.1) is 12.7 Å². The first-order valence-corrected chi connectivity index (χ1v) is 9.35. The molecule has 0 spiro atoms. The molecular formula is C21H15FN2O3S. The zero-order valence-electron chi connectivity index (χ0n) is 14.8. The van der Waals surface area contributed by atoms with Crippen LogP contribution < -0.4 is 10.6 Å². The van der Waals surface area contributed by atoms with E-state index >= 15 is 0 Å². The third-order valence-corrected chi connectivity index (χ3v) is 5.11. The minimum atomic E-state index is -0.516. The smallest absolute Gasteiger partial charge is 0.291 e. The average Bonchev–Trinajstić information content (AvgIpc) is 3.32. The molecule has 0 aliphatic carbocycles. The molecule has 4 aromatic rings. The molecule has 0 aliphatic rings. The van der Waals surface area contributed by atoms with Crippen molar-refractivity contribution in [3.05, 3.63) is 82.0 Å². The first-order chi connectivity index (χ1) is 13.5. The Kier molecular flexibility index (Phi) is 4.67. The Hall–Kier alpha value is -3.45. The number of hydrogen-bond acceptors (Lipinski definition) is 4. The maximum atomic E-state index is 13.9. The highest BCUT2D eigenvalue weighted by atomic mass is 32.1. The van der Waals surface area contributed by atoms with Crippen LogP contribution in [-0.2, 0) is 0 Å². The number of para-hydroxylation sites is 1. The predicted molar refractivity (Wildman–Crippen MR) is 108 cm³/mol. The van der Waals surface area contributed by atoms with E-state index in [-0.39, 0.29) is 17.3 Å². The van der Waals surface area contributed by atoms with Gasteiger partial charge in [0.15, 0.2) is 17.2 Å². The lowest BCUT2D eigenvalue weighted by Gasteiger charge is -2.08. The second-order valence-corrected chi connectivity index (χ2v) is 7.09. The standard InChI is InChI=1S/C21H15FN2O3S/c1-12-15-7-3-8-16(22)19(15)27-18(12)21(26)24-14-6-2-5-13(11-14)23-20(25)17-9-4-10-28-17/h2-11H,1H3,(H,23,25)(H,24,26). The van der Waals surface area contributed by atoms with Crippen molar-refractivity contribution in [3.63, 3.8) is 0 Å². The quantitative estimate of drug-likeness (QED) is 0.484. The van der Waals surface area contributed by atoms with E-state index in [0.29, 0.717) is 27.2 Å². The van der Waals surface area contributed by atoms with Gasteiger partial charge in [-0.25, -0.2) is 4.39 Å². The second kappa shape index (κ2) is 7.28. The van der Waals surface area contributed by atoms with E-state index < -0.39 is 11.7 Å². The first-order valence-electron chi connectivity index (χ1n) is 8.47. The Bertz CT molecular complexity index is 1180. The van der Waals surface area contributed by atoms with Crippen molar-refractivity contribution in [1.82, 2.24) is 0 Å². The molecule has 0 fully saturated rings. The molecule has 0 bridgehead atoms. The summed E-state index contributed by atoms with van der Waals surface area (Å²) in [5, 5.41) is 7.89. The number of hydrogen-bond donors (Lipinski definition) is 2. The Labute approximate surface area is 163 Å². The molecule has 5 nitrogen and oxygen atoms in total. The summed E-state index contributed by atoms with van der Waals surface area (Å²) in [5.41, 5.74) is 1.65. The predicted octanol–water partition coefficient (Wildman–Crippen LogP) is 5.45. The molecule has 2 N–H and O–H groups in total. The van der Waals surface area contributed by atoms with Gasteiger partial charge in [0.05, 0.1) is 4.88 Å². The third kappa shape index (κ3) is 3.39. The molecule has 0 atom stereocenters. The van der Waals surface area contributed by atoms with Crippen molar-refractivity contribution in [1.29, 1.82) is 0 Å². The number of thiophene rings is 1. The summed E-state index contributed by atoms with van der Waals surface area (Å²) in [6.07, 6.45) is 0. The zero-order chi connectivity index (χ0) is 19.7. The maximum absolute atomic E-state index is 13.9. The number of benzene rings is 2. The zero-order valence-corrected chi connectivity index (χ0v) is 15.6. The topological polar surface area (TPSA) is 71.3 Å². The van der Waals surface area contributed by atoms with Crippen LogP contribution in [0.2, 0.25) is 0 Å². The Morgan fingerprint density at radius 2 is 1.68 bits per heavy atom. The summed E-state index contributed by atoms with van der Waals surface area (Å²) in [7, 11) is 0. The van der Waals surface area contributed by atoms with E-state index in [4.69, 9.17) is 4.42 Å². The number of rotatable bonds is 4. The van der Waals surface area contributed by atoms with E-state index in [0.717, 1.165) is 0 Å². The van der Waals surface area contributed by atoms with Gasteiger partial charge in [0, 0.05) is 22.3 Å². The van der Waals surface area contributed by atoms with Gasteiger partial charge >= 0.3 is 0 Å². The molecule has 0 saturated carbocycles. The Morgan fingerprint density at radius 3 is 2.36 bits per heavy atom. The molecule has 0 saturated heterocycles. The highest BCUT2D eigenvalue weighted by molar-refractivity contribution is 7.12. The van der Waals surface area contributed by atoms with Gasteiger partial charge in [-0.1, -0.05) is 24.3 Å². The average molecular weight is 394 g/mol. The number of halogens is 1. The summed E-state index contributed by atoms with van der Waals surface area (Å²) in [5.74, 6) is -1.18. The van der Waals surface area contributed by atoms with Crippen LogP contribution in [0.3, 0.4) is 0 Å². The van der Waals surface area contributed by atoms with Gasteiger partial charge < -0.3 is 15.1 Å². The van der Waals surface area contributed by atoms with Crippen molar-refractivity contribution in [2.75, 3.05) is 10.6 Å². The van der Waals surface area contributed by atoms with E-state index in [2.05, 4.69) is 10.6 Å². The van der Waals surface area contributed by atoms with Gasteiger partial charge in [0.2, 0.25) is 0 Å². The summed E-state index contributed by atoms with van der Waals surface area (Å²) in [6.45, 7) is 1.71. The van der Waals surface area contributed by atoms with Gasteiger partial charge in [-0.3, -0.25) is 9.59 Å². The molecule has 140 valence electrons. The van der Waals surface area contributed by atoms with Crippen molar-refractivity contribution in [2.24, 2.45) is 0 Å². The number of nitrogens with one attached hydrogen (secondary N) is 2. The lowest BCUT2D eigenvalue weighted by atomic mass is 10.1. The molecule has 2 heterocycles. The number of carbonyl (C=O) groups is 2. The van der Waals surface area contributed by atoms with Crippen LogP contribution in [-0.4, -0.2) is 11.8 Å². The minimum absolute atomic E-state index is 0.0492. The minimum Gasteiger partial charge on any atom is -0.448 e. The lowest BCUT2D eigenvalue weighted by Crippen LogP contribution is -2.13. The summed E-state index contributed by atoms with van der Waals surface area (Å²) >= 11 is 1.34. The maximum Gasteiger partial charge on any atom is 0.291 e. The van der Waals surface area contributed by atoms with Crippen LogP contribution >= 0.6 is 11.3 Å². The van der Waals surface area contributed by atoms with Crippen molar-refractivity contribution >= 4 is 45.5 Å². The largest absolute Gasteiger partial charge is 0.448 e. The van der Waals surface area contributed by atoms with E-state index in [1.165, 1.54) is 17.4 Å². The molecule has 0 aliphatic heterocycles. The fraction of sp³-hybridized carbons (Fsp3) is 0.0476. The van der Waals surface area contributed by atoms with Gasteiger partial charge in [0.25, 0.3) is 11.8 Å². The molecule has 2 aromatic carbocycles. The normalized spacial score (nSPS) is 10.8. The Morgan fingerprint density at radius 1 is 0.964 bits per heavy atom. The van der Waals surface area contributed by atoms with Gasteiger partial charge in [-0.15, -0.1) is 11.3 Å². The fourth-order valence-corrected chi connectivity index (χ4v) is 3.51. The van der Waals surface area contributed by atoms with Crippen LogP contribution in [0.1, 0.15) is 25.8 Å². The molecule has 0 unspecified atom stereocenters.